The van der Waals surface area contributed by atoms with Crippen LogP contribution in [-0.2, 0) is 0 Å². The van der Waals surface area contributed by atoms with Gasteiger partial charge in [0.15, 0.2) is 0 Å². The first-order valence-corrected chi connectivity index (χ1v) is 6.83. The number of carbonyl (C=O) groups is 1. The van der Waals surface area contributed by atoms with E-state index in [4.69, 9.17) is 5.21 Å². The van der Waals surface area contributed by atoms with Crippen LogP contribution in [0.3, 0.4) is 0 Å². The highest BCUT2D eigenvalue weighted by molar-refractivity contribution is 6.13. The van der Waals surface area contributed by atoms with Gasteiger partial charge in [-0.15, -0.1) is 0 Å². The van der Waals surface area contributed by atoms with E-state index in [9.17, 15) is 9.18 Å². The number of fused-ring (bicyclic) bond motifs is 1. The van der Waals surface area contributed by atoms with Crippen molar-refractivity contribution in [1.29, 1.82) is 0 Å². The largest absolute Gasteiger partial charge is 0.411 e. The molecule has 112 valence electrons. The third-order valence-electron chi connectivity index (χ3n) is 3.52. The zero-order valence-corrected chi connectivity index (χ0v) is 11.7. The van der Waals surface area contributed by atoms with Crippen LogP contribution >= 0.6 is 0 Å². The van der Waals surface area contributed by atoms with Crippen molar-refractivity contribution in [2.24, 2.45) is 5.16 Å². The second kappa shape index (κ2) is 5.85. The monoisotopic (exact) mass is 299 g/mol. The fraction of sp³-hybridized carbons (Fsp3) is 0.125. The highest BCUT2D eigenvalue weighted by Gasteiger charge is 2.27. The molecule has 1 heterocycles. The van der Waals surface area contributed by atoms with E-state index in [0.29, 0.717) is 35.6 Å². The lowest BCUT2D eigenvalue weighted by Gasteiger charge is -2.29. The van der Waals surface area contributed by atoms with E-state index >= 15 is 0 Å². The Labute approximate surface area is 126 Å². The molecule has 22 heavy (non-hydrogen) atoms. The molecule has 2 amide bonds. The summed E-state index contributed by atoms with van der Waals surface area (Å²) in [5, 5.41) is 15.0. The van der Waals surface area contributed by atoms with Crippen LogP contribution in [0.5, 0.6) is 0 Å². The minimum atomic E-state index is -0.440. The normalized spacial score (nSPS) is 15.5. The Kier molecular flexibility index (Phi) is 3.74. The van der Waals surface area contributed by atoms with Crippen molar-refractivity contribution in [2.75, 3.05) is 16.8 Å². The van der Waals surface area contributed by atoms with Gasteiger partial charge in [0, 0.05) is 24.2 Å². The second-order valence-corrected chi connectivity index (χ2v) is 4.91. The molecule has 5 nitrogen and oxygen atoms in total. The molecular weight excluding hydrogens is 285 g/mol. The minimum absolute atomic E-state index is 0.309. The van der Waals surface area contributed by atoms with Gasteiger partial charge in [-0.3, -0.25) is 4.90 Å². The van der Waals surface area contributed by atoms with Crippen LogP contribution in [-0.4, -0.2) is 23.5 Å². The van der Waals surface area contributed by atoms with E-state index in [1.165, 1.54) is 23.1 Å². The smallest absolute Gasteiger partial charge is 0.326 e. The number of hydrogen-bond donors (Lipinski definition) is 2. The van der Waals surface area contributed by atoms with Crippen LogP contribution in [0.15, 0.2) is 53.7 Å². The Morgan fingerprint density at radius 2 is 2.00 bits per heavy atom. The number of nitrogens with one attached hydrogen (secondary N) is 1. The van der Waals surface area contributed by atoms with E-state index in [1.54, 1.807) is 12.1 Å². The van der Waals surface area contributed by atoms with Gasteiger partial charge in [-0.25, -0.2) is 9.18 Å². The summed E-state index contributed by atoms with van der Waals surface area (Å²) in [7, 11) is 0. The number of benzene rings is 2. The van der Waals surface area contributed by atoms with Gasteiger partial charge in [-0.1, -0.05) is 23.4 Å². The summed E-state index contributed by atoms with van der Waals surface area (Å²) in [6, 6.07) is 12.8. The maximum absolute atomic E-state index is 13.4. The summed E-state index contributed by atoms with van der Waals surface area (Å²) in [6.45, 7) is 0.358. The van der Waals surface area contributed by atoms with Gasteiger partial charge in [0.05, 0.1) is 11.4 Å². The number of urea groups is 1. The summed E-state index contributed by atoms with van der Waals surface area (Å²) < 4.78 is 13.4. The number of hydrogen-bond acceptors (Lipinski definition) is 3. The summed E-state index contributed by atoms with van der Waals surface area (Å²) in [6.07, 6.45) is 0.356. The molecule has 0 unspecified atom stereocenters. The number of nitrogens with zero attached hydrogens (tertiary/aromatic N) is 2. The molecule has 0 saturated carbocycles. The van der Waals surface area contributed by atoms with Crippen LogP contribution in [0.1, 0.15) is 12.0 Å². The number of para-hydroxylation sites is 1. The van der Waals surface area contributed by atoms with E-state index in [1.807, 2.05) is 18.2 Å². The molecule has 1 aliphatic rings. The van der Waals surface area contributed by atoms with Gasteiger partial charge in [0.1, 0.15) is 5.82 Å². The highest BCUT2D eigenvalue weighted by atomic mass is 19.1. The van der Waals surface area contributed by atoms with Crippen molar-refractivity contribution in [1.82, 2.24) is 0 Å². The van der Waals surface area contributed by atoms with Gasteiger partial charge in [0.2, 0.25) is 0 Å². The summed E-state index contributed by atoms with van der Waals surface area (Å²) in [5.41, 5.74) is 2.00. The molecule has 0 bridgehead atoms. The summed E-state index contributed by atoms with van der Waals surface area (Å²) in [4.78, 5) is 13.9. The number of amides is 2. The third-order valence-corrected chi connectivity index (χ3v) is 3.52. The lowest BCUT2D eigenvalue weighted by molar-refractivity contribution is 0.257. The Morgan fingerprint density at radius 3 is 2.73 bits per heavy atom. The maximum atomic E-state index is 13.4. The van der Waals surface area contributed by atoms with Crippen molar-refractivity contribution >= 4 is 23.1 Å². The average Bonchev–Trinajstić information content (AvgIpc) is 2.54. The zero-order chi connectivity index (χ0) is 15.5. The fourth-order valence-corrected chi connectivity index (χ4v) is 2.47. The minimum Gasteiger partial charge on any atom is -0.411 e. The number of carbonyl (C=O) groups excluding carboxylic acids is 1. The van der Waals surface area contributed by atoms with Gasteiger partial charge < -0.3 is 10.5 Å². The number of rotatable bonds is 1. The maximum Gasteiger partial charge on any atom is 0.326 e. The van der Waals surface area contributed by atoms with Gasteiger partial charge in [-0.05, 0) is 30.3 Å². The van der Waals surface area contributed by atoms with Crippen molar-refractivity contribution < 1.29 is 14.4 Å². The van der Waals surface area contributed by atoms with Gasteiger partial charge in [-0.2, -0.15) is 0 Å². The predicted molar refractivity (Wildman–Crippen MR) is 82.1 cm³/mol. The molecule has 1 aliphatic heterocycles. The molecule has 2 aromatic rings. The van der Waals surface area contributed by atoms with Crippen molar-refractivity contribution in [3.8, 4) is 0 Å². The van der Waals surface area contributed by atoms with Gasteiger partial charge >= 0.3 is 6.03 Å². The average molecular weight is 299 g/mol. The van der Waals surface area contributed by atoms with E-state index in [2.05, 4.69) is 10.5 Å². The summed E-state index contributed by atoms with van der Waals surface area (Å²) >= 11 is 0. The molecule has 2 aromatic carbocycles. The second-order valence-electron chi connectivity index (χ2n) is 4.91. The van der Waals surface area contributed by atoms with E-state index < -0.39 is 5.82 Å². The molecule has 0 radical (unpaired) electrons. The van der Waals surface area contributed by atoms with E-state index in [0.717, 1.165) is 0 Å². The van der Waals surface area contributed by atoms with Crippen LogP contribution < -0.4 is 10.2 Å². The Morgan fingerprint density at radius 1 is 1.23 bits per heavy atom. The molecule has 0 atom stereocenters. The molecular formula is C16H14FN3O2. The van der Waals surface area contributed by atoms with Crippen LogP contribution in [0.4, 0.5) is 20.6 Å². The van der Waals surface area contributed by atoms with Crippen LogP contribution in [0.2, 0.25) is 0 Å². The van der Waals surface area contributed by atoms with Crippen LogP contribution in [0.25, 0.3) is 0 Å². The molecule has 0 aromatic heterocycles. The first kappa shape index (κ1) is 14.1. The summed E-state index contributed by atoms with van der Waals surface area (Å²) in [5.74, 6) is -0.440. The molecule has 0 saturated heterocycles. The lowest BCUT2D eigenvalue weighted by Crippen LogP contribution is -2.40. The Balaban J connectivity index is 1.91. The highest BCUT2D eigenvalue weighted by Crippen LogP contribution is 2.28. The van der Waals surface area contributed by atoms with Crippen LogP contribution in [0, 0.1) is 5.82 Å². The zero-order valence-electron chi connectivity index (χ0n) is 11.7. The van der Waals surface area contributed by atoms with E-state index in [-0.39, 0.29) is 6.03 Å². The standard InChI is InChI=1S/C16H14FN3O2/c17-11-6-7-15-13(10-11)14(19-22)8-9-20(15)16(21)18-12-4-2-1-3-5-12/h1-7,10,22H,8-9H2,(H,18,21)/b19-14-. The molecule has 6 heteroatoms. The fourth-order valence-electron chi connectivity index (χ4n) is 2.47. The third kappa shape index (κ3) is 2.63. The van der Waals surface area contributed by atoms with Crippen molar-refractivity contribution in [2.45, 2.75) is 6.42 Å². The quantitative estimate of drug-likeness (QED) is 0.625. The Bertz CT molecular complexity index is 731. The predicted octanol–water partition coefficient (Wildman–Crippen LogP) is 3.45. The topological polar surface area (TPSA) is 64.9 Å². The molecule has 0 fully saturated rings. The molecule has 3 rings (SSSR count). The Hall–Kier alpha value is -2.89. The SMILES string of the molecule is O=C(Nc1ccccc1)N1CC/C(=N/O)c2cc(F)ccc21. The number of anilines is 2. The first-order chi connectivity index (χ1) is 10.7. The number of halogens is 1. The van der Waals surface area contributed by atoms with Crippen molar-refractivity contribution in [3.63, 3.8) is 0 Å². The lowest BCUT2D eigenvalue weighted by atomic mass is 9.99. The molecule has 2 N–H and O–H groups in total. The van der Waals surface area contributed by atoms with Crippen molar-refractivity contribution in [3.05, 3.63) is 59.9 Å². The molecule has 0 aliphatic carbocycles. The molecule has 0 spiro atoms. The number of oxime groups is 1. The first-order valence-electron chi connectivity index (χ1n) is 6.83. The van der Waals surface area contributed by atoms with Gasteiger partial charge in [0.25, 0.3) is 0 Å².